The van der Waals surface area contributed by atoms with Crippen LogP contribution in [0.4, 0.5) is 17.5 Å². The molecule has 0 aliphatic heterocycles. The van der Waals surface area contributed by atoms with Gasteiger partial charge in [0.2, 0.25) is 11.8 Å². The van der Waals surface area contributed by atoms with Gasteiger partial charge in [0.05, 0.1) is 10.5 Å². The van der Waals surface area contributed by atoms with Gasteiger partial charge in [-0.25, -0.2) is 9.97 Å². The number of hydrogen-bond donors (Lipinski definition) is 2. The van der Waals surface area contributed by atoms with E-state index >= 15 is 0 Å². The molecule has 0 aliphatic carbocycles. The molecule has 0 radical (unpaired) electrons. The summed E-state index contributed by atoms with van der Waals surface area (Å²) >= 11 is 1.47. The maximum atomic E-state index is 11.0. The lowest BCUT2D eigenvalue weighted by atomic mass is 10.1. The summed E-state index contributed by atoms with van der Waals surface area (Å²) in [6, 6.07) is 0. The van der Waals surface area contributed by atoms with E-state index < -0.39 is 10.5 Å². The topological polar surface area (TPSA) is 106 Å². The molecule has 0 unspecified atom stereocenters. The van der Waals surface area contributed by atoms with Crippen LogP contribution >= 0.6 is 11.3 Å². The molecule has 0 saturated carbocycles. The minimum atomic E-state index is -0.571. The summed E-state index contributed by atoms with van der Waals surface area (Å²) in [4.78, 5) is 22.7. The molecule has 0 aromatic carbocycles. The van der Waals surface area contributed by atoms with Crippen LogP contribution in [0.15, 0.2) is 17.8 Å². The summed E-state index contributed by atoms with van der Waals surface area (Å²) in [5, 5.41) is 19.5. The molecule has 9 heteroatoms. The third kappa shape index (κ3) is 2.82. The van der Waals surface area contributed by atoms with Crippen molar-refractivity contribution in [2.75, 3.05) is 17.7 Å². The number of thiazole rings is 1. The lowest BCUT2D eigenvalue weighted by molar-refractivity contribution is -0.384. The summed E-state index contributed by atoms with van der Waals surface area (Å²) in [5.74, 6) is 0.475. The van der Waals surface area contributed by atoms with Crippen molar-refractivity contribution in [1.29, 1.82) is 0 Å². The third-order valence-electron chi connectivity index (χ3n) is 2.59. The SMILES string of the molecule is CNc1ncc([N+](=O)[O-])c(NC(C)(C)c2nccs2)n1. The van der Waals surface area contributed by atoms with Gasteiger partial charge in [0.15, 0.2) is 0 Å². The second-order valence-electron chi connectivity index (χ2n) is 4.52. The van der Waals surface area contributed by atoms with Crippen LogP contribution in [0.3, 0.4) is 0 Å². The number of hydrogen-bond acceptors (Lipinski definition) is 8. The van der Waals surface area contributed by atoms with Crippen molar-refractivity contribution in [2.45, 2.75) is 19.4 Å². The zero-order valence-corrected chi connectivity index (χ0v) is 12.1. The van der Waals surface area contributed by atoms with Gasteiger partial charge in [0.25, 0.3) is 0 Å². The predicted molar refractivity (Wildman–Crippen MR) is 77.0 cm³/mol. The monoisotopic (exact) mass is 294 g/mol. The smallest absolute Gasteiger partial charge is 0.329 e. The van der Waals surface area contributed by atoms with Gasteiger partial charge in [0.1, 0.15) is 11.2 Å². The van der Waals surface area contributed by atoms with Crippen LogP contribution in [-0.4, -0.2) is 26.9 Å². The molecule has 2 rings (SSSR count). The van der Waals surface area contributed by atoms with E-state index in [-0.39, 0.29) is 11.5 Å². The molecule has 0 atom stereocenters. The van der Waals surface area contributed by atoms with Gasteiger partial charge in [-0.2, -0.15) is 4.98 Å². The first-order valence-electron chi connectivity index (χ1n) is 5.81. The molecule has 0 amide bonds. The second-order valence-corrected chi connectivity index (χ2v) is 5.42. The quantitative estimate of drug-likeness (QED) is 0.643. The third-order valence-corrected chi connectivity index (χ3v) is 3.68. The molecule has 2 aromatic heterocycles. The lowest BCUT2D eigenvalue weighted by Gasteiger charge is -2.24. The molecule has 0 spiro atoms. The Hall–Kier alpha value is -2.29. The van der Waals surface area contributed by atoms with E-state index in [4.69, 9.17) is 0 Å². The van der Waals surface area contributed by atoms with Gasteiger partial charge in [-0.05, 0) is 13.8 Å². The van der Waals surface area contributed by atoms with E-state index in [1.165, 1.54) is 17.5 Å². The second kappa shape index (κ2) is 5.37. The molecule has 20 heavy (non-hydrogen) atoms. The Morgan fingerprint density at radius 2 is 2.15 bits per heavy atom. The fraction of sp³-hybridized carbons (Fsp3) is 0.364. The van der Waals surface area contributed by atoms with Crippen LogP contribution in [0.5, 0.6) is 0 Å². The van der Waals surface area contributed by atoms with Crippen molar-refractivity contribution in [3.63, 3.8) is 0 Å². The molecule has 2 N–H and O–H groups in total. The van der Waals surface area contributed by atoms with E-state index in [1.54, 1.807) is 13.2 Å². The molecule has 0 saturated heterocycles. The van der Waals surface area contributed by atoms with Crippen molar-refractivity contribution < 1.29 is 4.92 Å². The first-order valence-corrected chi connectivity index (χ1v) is 6.69. The largest absolute Gasteiger partial charge is 0.357 e. The van der Waals surface area contributed by atoms with Crippen molar-refractivity contribution in [3.8, 4) is 0 Å². The highest BCUT2D eigenvalue weighted by Crippen LogP contribution is 2.30. The molecule has 0 fully saturated rings. The molecular weight excluding hydrogens is 280 g/mol. The van der Waals surface area contributed by atoms with Gasteiger partial charge in [-0.15, -0.1) is 11.3 Å². The summed E-state index contributed by atoms with van der Waals surface area (Å²) in [6.07, 6.45) is 2.87. The van der Waals surface area contributed by atoms with Crippen molar-refractivity contribution in [2.24, 2.45) is 0 Å². The Balaban J connectivity index is 2.39. The van der Waals surface area contributed by atoms with Gasteiger partial charge >= 0.3 is 5.69 Å². The predicted octanol–water partition coefficient (Wildman–Crippen LogP) is 2.23. The van der Waals surface area contributed by atoms with Crippen LogP contribution in [-0.2, 0) is 5.54 Å². The molecule has 0 aliphatic rings. The van der Waals surface area contributed by atoms with E-state index in [0.29, 0.717) is 5.95 Å². The summed E-state index contributed by atoms with van der Waals surface area (Å²) in [6.45, 7) is 3.77. The molecular formula is C11H14N6O2S. The summed E-state index contributed by atoms with van der Waals surface area (Å²) in [5.41, 5.74) is -0.744. The standard InChI is InChI=1S/C11H14N6O2S/c1-11(2,9-13-4-5-20-9)16-8-7(17(18)19)6-14-10(12-3)15-8/h4-6H,1-3H3,(H2,12,14,15,16). The van der Waals surface area contributed by atoms with E-state index in [2.05, 4.69) is 25.6 Å². The van der Waals surface area contributed by atoms with Crippen molar-refractivity contribution in [1.82, 2.24) is 15.0 Å². The van der Waals surface area contributed by atoms with Gasteiger partial charge in [0, 0.05) is 18.6 Å². The Morgan fingerprint density at radius 1 is 1.40 bits per heavy atom. The first-order chi connectivity index (χ1) is 9.44. The Labute approximate surface area is 119 Å². The Bertz CT molecular complexity index is 613. The lowest BCUT2D eigenvalue weighted by Crippen LogP contribution is -2.29. The number of rotatable bonds is 5. The van der Waals surface area contributed by atoms with Crippen LogP contribution in [0.1, 0.15) is 18.9 Å². The molecule has 2 aromatic rings. The zero-order valence-electron chi connectivity index (χ0n) is 11.2. The van der Waals surface area contributed by atoms with Crippen LogP contribution in [0.2, 0.25) is 0 Å². The highest BCUT2D eigenvalue weighted by Gasteiger charge is 2.28. The van der Waals surface area contributed by atoms with Crippen LogP contribution in [0.25, 0.3) is 0 Å². The number of aromatic nitrogens is 3. The average molecular weight is 294 g/mol. The average Bonchev–Trinajstić information content (AvgIpc) is 2.92. The molecule has 8 nitrogen and oxygen atoms in total. The zero-order chi connectivity index (χ0) is 14.8. The maximum Gasteiger partial charge on any atom is 0.329 e. The minimum absolute atomic E-state index is 0.162. The molecule has 2 heterocycles. The van der Waals surface area contributed by atoms with E-state index in [9.17, 15) is 10.1 Å². The molecule has 0 bridgehead atoms. The number of nitrogens with zero attached hydrogens (tertiary/aromatic N) is 4. The van der Waals surface area contributed by atoms with E-state index in [0.717, 1.165) is 5.01 Å². The maximum absolute atomic E-state index is 11.0. The highest BCUT2D eigenvalue weighted by atomic mass is 32.1. The van der Waals surface area contributed by atoms with E-state index in [1.807, 2.05) is 19.2 Å². The van der Waals surface area contributed by atoms with Gasteiger partial charge in [-0.3, -0.25) is 10.1 Å². The summed E-state index contributed by atoms with van der Waals surface area (Å²) < 4.78 is 0. The molecule has 106 valence electrons. The van der Waals surface area contributed by atoms with Crippen LogP contribution < -0.4 is 10.6 Å². The number of anilines is 2. The normalized spacial score (nSPS) is 11.2. The fourth-order valence-corrected chi connectivity index (χ4v) is 2.32. The number of nitrogens with one attached hydrogen (secondary N) is 2. The Morgan fingerprint density at radius 3 is 2.70 bits per heavy atom. The van der Waals surface area contributed by atoms with Crippen molar-refractivity contribution >= 4 is 28.8 Å². The van der Waals surface area contributed by atoms with Gasteiger partial charge < -0.3 is 10.6 Å². The van der Waals surface area contributed by atoms with Crippen LogP contribution in [0, 0.1) is 10.1 Å². The van der Waals surface area contributed by atoms with Crippen molar-refractivity contribution in [3.05, 3.63) is 32.9 Å². The fourth-order valence-electron chi connectivity index (χ4n) is 1.60. The highest BCUT2D eigenvalue weighted by molar-refractivity contribution is 7.09. The Kier molecular flexibility index (Phi) is 3.79. The summed E-state index contributed by atoms with van der Waals surface area (Å²) in [7, 11) is 1.65. The first kappa shape index (κ1) is 14.1. The van der Waals surface area contributed by atoms with Gasteiger partial charge in [-0.1, -0.05) is 0 Å². The number of nitro groups is 1. The minimum Gasteiger partial charge on any atom is -0.357 e.